The zero-order valence-electron chi connectivity index (χ0n) is 6.10. The summed E-state index contributed by atoms with van der Waals surface area (Å²) in [6.07, 6.45) is 0. The molecule has 1 N–H and O–H groups in total. The zero-order valence-corrected chi connectivity index (χ0v) is 6.10. The number of nitrogens with one attached hydrogen (secondary N) is 1. The van der Waals surface area contributed by atoms with Gasteiger partial charge in [-0.3, -0.25) is 4.79 Å². The maximum atomic E-state index is 10.6. The number of ketones is 1. The number of carbonyl (C=O) groups excluding carboxylic acids is 1. The molecule has 0 fully saturated rings. The van der Waals surface area contributed by atoms with E-state index in [1.54, 1.807) is 21.1 Å². The number of likely N-dealkylation sites (N-methyl/N-ethyl adjacent to an activating group) is 1. The van der Waals surface area contributed by atoms with Gasteiger partial charge in [0.1, 0.15) is 5.78 Å². The van der Waals surface area contributed by atoms with Crippen LogP contribution in [-0.4, -0.2) is 32.6 Å². The van der Waals surface area contributed by atoms with Gasteiger partial charge in [-0.25, -0.2) is 0 Å². The van der Waals surface area contributed by atoms with Gasteiger partial charge < -0.3 is 10.1 Å². The predicted molar refractivity (Wildman–Crippen MR) is 35.4 cm³/mol. The maximum absolute atomic E-state index is 10.6. The van der Waals surface area contributed by atoms with Crippen molar-refractivity contribution < 1.29 is 9.53 Å². The average Bonchev–Trinajstić information content (AvgIpc) is 1.82. The van der Waals surface area contributed by atoms with Gasteiger partial charge in [-0.2, -0.15) is 0 Å². The van der Waals surface area contributed by atoms with Crippen LogP contribution in [0.1, 0.15) is 6.92 Å². The quantitative estimate of drug-likeness (QED) is 0.574. The van der Waals surface area contributed by atoms with Gasteiger partial charge in [-0.05, 0) is 14.0 Å². The first-order valence-electron chi connectivity index (χ1n) is 2.89. The lowest BCUT2D eigenvalue weighted by atomic mass is 10.2. The third-order valence-electron chi connectivity index (χ3n) is 1.17. The summed E-state index contributed by atoms with van der Waals surface area (Å²) < 4.78 is 4.77. The van der Waals surface area contributed by atoms with Crippen molar-refractivity contribution in [2.24, 2.45) is 0 Å². The molecule has 9 heavy (non-hydrogen) atoms. The maximum Gasteiger partial charge on any atom is 0.149 e. The lowest BCUT2D eigenvalue weighted by Crippen LogP contribution is -2.36. The Bertz CT molecular complexity index is 93.1. The summed E-state index contributed by atoms with van der Waals surface area (Å²) in [7, 11) is 3.32. The fraction of sp³-hybridized carbons (Fsp3) is 0.833. The Morgan fingerprint density at radius 3 is 2.44 bits per heavy atom. The molecule has 0 rings (SSSR count). The molecule has 1 atom stereocenters. The van der Waals surface area contributed by atoms with E-state index in [2.05, 4.69) is 5.32 Å². The molecule has 0 aliphatic carbocycles. The molecule has 0 saturated heterocycles. The smallest absolute Gasteiger partial charge is 0.149 e. The molecule has 3 heteroatoms. The van der Waals surface area contributed by atoms with Crippen LogP contribution in [0, 0.1) is 0 Å². The number of Topliss-reactive ketones (excluding diaryl/α,β-unsaturated/α-hetero) is 1. The molecule has 0 aromatic carbocycles. The van der Waals surface area contributed by atoms with E-state index in [9.17, 15) is 4.79 Å². The second-order valence-corrected chi connectivity index (χ2v) is 1.91. The van der Waals surface area contributed by atoms with Crippen LogP contribution in [0.5, 0.6) is 0 Å². The number of ether oxygens (including phenoxy) is 1. The van der Waals surface area contributed by atoms with Crippen molar-refractivity contribution in [3.05, 3.63) is 0 Å². The number of hydrogen-bond acceptors (Lipinski definition) is 3. The number of carbonyl (C=O) groups is 1. The lowest BCUT2D eigenvalue weighted by Gasteiger charge is -2.09. The summed E-state index contributed by atoms with van der Waals surface area (Å²) in [5.74, 6) is 0.111. The van der Waals surface area contributed by atoms with E-state index < -0.39 is 0 Å². The minimum atomic E-state index is -0.144. The monoisotopic (exact) mass is 131 g/mol. The number of rotatable bonds is 4. The molecule has 0 aliphatic rings. The van der Waals surface area contributed by atoms with Crippen LogP contribution in [0.25, 0.3) is 0 Å². The Kier molecular flexibility index (Phi) is 4.26. The topological polar surface area (TPSA) is 38.3 Å². The molecule has 0 spiro atoms. The van der Waals surface area contributed by atoms with Gasteiger partial charge >= 0.3 is 0 Å². The van der Waals surface area contributed by atoms with E-state index in [1.807, 2.05) is 0 Å². The first-order valence-corrected chi connectivity index (χ1v) is 2.89. The van der Waals surface area contributed by atoms with Crippen molar-refractivity contribution in [3.63, 3.8) is 0 Å². The molecule has 0 unspecified atom stereocenters. The Morgan fingerprint density at radius 1 is 1.78 bits per heavy atom. The summed E-state index contributed by atoms with van der Waals surface area (Å²) in [5.41, 5.74) is 0. The fourth-order valence-electron chi connectivity index (χ4n) is 0.571. The molecule has 0 aliphatic heterocycles. The van der Waals surface area contributed by atoms with Crippen LogP contribution in [0.3, 0.4) is 0 Å². The fourth-order valence-corrected chi connectivity index (χ4v) is 0.571. The molecule has 0 aromatic heterocycles. The van der Waals surface area contributed by atoms with E-state index in [4.69, 9.17) is 4.74 Å². The van der Waals surface area contributed by atoms with Crippen LogP contribution in [0.4, 0.5) is 0 Å². The minimum Gasteiger partial charge on any atom is -0.383 e. The van der Waals surface area contributed by atoms with Crippen molar-refractivity contribution in [2.75, 3.05) is 20.8 Å². The zero-order chi connectivity index (χ0) is 7.28. The van der Waals surface area contributed by atoms with E-state index in [0.717, 1.165) is 0 Å². The minimum absolute atomic E-state index is 0.111. The lowest BCUT2D eigenvalue weighted by molar-refractivity contribution is -0.120. The normalized spacial score (nSPS) is 13.2. The molecule has 3 nitrogen and oxygen atoms in total. The molecular weight excluding hydrogens is 118 g/mol. The standard InChI is InChI=1S/C6H13NO2/c1-5(8)6(7-2)4-9-3/h6-7H,4H2,1-3H3/t6-/m0/s1. The Balaban J connectivity index is 3.54. The van der Waals surface area contributed by atoms with E-state index in [0.29, 0.717) is 6.61 Å². The molecule has 0 radical (unpaired) electrons. The molecule has 0 amide bonds. The summed E-state index contributed by atoms with van der Waals surface area (Å²) in [6, 6.07) is -0.144. The Hall–Kier alpha value is -0.410. The highest BCUT2D eigenvalue weighted by Gasteiger charge is 2.08. The van der Waals surface area contributed by atoms with Gasteiger partial charge in [0.25, 0.3) is 0 Å². The molecule has 0 saturated carbocycles. The third-order valence-corrected chi connectivity index (χ3v) is 1.17. The predicted octanol–water partition coefficient (Wildman–Crippen LogP) is -0.190. The van der Waals surface area contributed by atoms with E-state index >= 15 is 0 Å². The SMILES string of the molecule is CN[C@@H](COC)C(C)=O. The first-order chi connectivity index (χ1) is 4.22. The van der Waals surface area contributed by atoms with Crippen LogP contribution in [-0.2, 0) is 9.53 Å². The molecular formula is C6H13NO2. The largest absolute Gasteiger partial charge is 0.383 e. The molecule has 54 valence electrons. The first kappa shape index (κ1) is 8.59. The van der Waals surface area contributed by atoms with Crippen molar-refractivity contribution in [1.29, 1.82) is 0 Å². The number of hydrogen-bond donors (Lipinski definition) is 1. The van der Waals surface area contributed by atoms with Crippen LogP contribution in [0.15, 0.2) is 0 Å². The highest BCUT2D eigenvalue weighted by Crippen LogP contribution is 1.83. The average molecular weight is 131 g/mol. The van der Waals surface area contributed by atoms with E-state index in [1.165, 1.54) is 0 Å². The summed E-state index contributed by atoms with van der Waals surface area (Å²) in [6.45, 7) is 1.99. The molecule has 0 aromatic rings. The number of methoxy groups -OCH3 is 1. The summed E-state index contributed by atoms with van der Waals surface area (Å²) in [4.78, 5) is 10.6. The van der Waals surface area contributed by atoms with Gasteiger partial charge in [-0.15, -0.1) is 0 Å². The molecule has 0 heterocycles. The summed E-state index contributed by atoms with van der Waals surface area (Å²) in [5, 5.41) is 2.83. The van der Waals surface area contributed by atoms with Crippen LogP contribution in [0.2, 0.25) is 0 Å². The van der Waals surface area contributed by atoms with Gasteiger partial charge in [0.05, 0.1) is 12.6 Å². The second-order valence-electron chi connectivity index (χ2n) is 1.91. The van der Waals surface area contributed by atoms with Crippen molar-refractivity contribution in [2.45, 2.75) is 13.0 Å². The highest BCUT2D eigenvalue weighted by molar-refractivity contribution is 5.81. The second kappa shape index (κ2) is 4.47. The van der Waals surface area contributed by atoms with Crippen LogP contribution < -0.4 is 5.32 Å². The Morgan fingerprint density at radius 2 is 2.33 bits per heavy atom. The third kappa shape index (κ3) is 3.21. The van der Waals surface area contributed by atoms with Gasteiger partial charge in [0.15, 0.2) is 0 Å². The van der Waals surface area contributed by atoms with Crippen molar-refractivity contribution in [1.82, 2.24) is 5.32 Å². The van der Waals surface area contributed by atoms with Crippen LogP contribution >= 0.6 is 0 Å². The van der Waals surface area contributed by atoms with E-state index in [-0.39, 0.29) is 11.8 Å². The highest BCUT2D eigenvalue weighted by atomic mass is 16.5. The molecule has 0 bridgehead atoms. The van der Waals surface area contributed by atoms with Crippen molar-refractivity contribution >= 4 is 5.78 Å². The summed E-state index contributed by atoms with van der Waals surface area (Å²) >= 11 is 0. The van der Waals surface area contributed by atoms with Gasteiger partial charge in [0, 0.05) is 7.11 Å². The Labute approximate surface area is 55.4 Å². The van der Waals surface area contributed by atoms with Gasteiger partial charge in [0.2, 0.25) is 0 Å². The van der Waals surface area contributed by atoms with Gasteiger partial charge in [-0.1, -0.05) is 0 Å². The van der Waals surface area contributed by atoms with Crippen molar-refractivity contribution in [3.8, 4) is 0 Å².